The van der Waals surface area contributed by atoms with Gasteiger partial charge in [-0.15, -0.1) is 11.3 Å². The van der Waals surface area contributed by atoms with E-state index in [0.717, 1.165) is 23.2 Å². The maximum absolute atomic E-state index is 6.04. The summed E-state index contributed by atoms with van der Waals surface area (Å²) in [6.07, 6.45) is 4.19. The van der Waals surface area contributed by atoms with Gasteiger partial charge in [0.25, 0.3) is 0 Å². The first-order valence-electron chi connectivity index (χ1n) is 6.40. The normalized spacial score (nSPS) is 16.3. The molecule has 100 valence electrons. The minimum absolute atomic E-state index is 0.359. The molecule has 1 saturated carbocycles. The predicted molar refractivity (Wildman–Crippen MR) is 78.0 cm³/mol. The zero-order valence-corrected chi connectivity index (χ0v) is 12.2. The van der Waals surface area contributed by atoms with Gasteiger partial charge in [0.15, 0.2) is 0 Å². The fourth-order valence-electron chi connectivity index (χ4n) is 1.87. The molecule has 1 N–H and O–H groups in total. The van der Waals surface area contributed by atoms with Crippen molar-refractivity contribution in [3.8, 4) is 0 Å². The quantitative estimate of drug-likeness (QED) is 0.855. The van der Waals surface area contributed by atoms with Gasteiger partial charge in [-0.3, -0.25) is 0 Å². The van der Waals surface area contributed by atoms with Crippen molar-refractivity contribution in [3.63, 3.8) is 0 Å². The summed E-state index contributed by atoms with van der Waals surface area (Å²) in [5, 5.41) is 6.98. The molecule has 0 saturated heterocycles. The Kier molecular flexibility index (Phi) is 3.66. The second-order valence-electron chi connectivity index (χ2n) is 4.86. The van der Waals surface area contributed by atoms with Crippen molar-refractivity contribution in [1.29, 1.82) is 0 Å². The smallest absolute Gasteiger partial charge is 0.135 e. The lowest BCUT2D eigenvalue weighted by Crippen LogP contribution is -2.11. The molecule has 1 fully saturated rings. The lowest BCUT2D eigenvalue weighted by atomic mass is 10.2. The van der Waals surface area contributed by atoms with Crippen LogP contribution in [0.2, 0.25) is 5.15 Å². The van der Waals surface area contributed by atoms with E-state index in [1.165, 1.54) is 12.8 Å². The van der Waals surface area contributed by atoms with Crippen molar-refractivity contribution < 1.29 is 0 Å². The Morgan fingerprint density at radius 1 is 1.47 bits per heavy atom. The second-order valence-corrected chi connectivity index (χ2v) is 6.17. The van der Waals surface area contributed by atoms with Crippen molar-refractivity contribution in [2.24, 2.45) is 0 Å². The molecule has 0 bridgehead atoms. The fraction of sp³-hybridized carbons (Fsp3) is 0.462. The van der Waals surface area contributed by atoms with Gasteiger partial charge in [0.1, 0.15) is 16.8 Å². The van der Waals surface area contributed by atoms with E-state index in [9.17, 15) is 0 Å². The van der Waals surface area contributed by atoms with Gasteiger partial charge < -0.3 is 5.32 Å². The van der Waals surface area contributed by atoms with Gasteiger partial charge in [0, 0.05) is 36.0 Å². The van der Waals surface area contributed by atoms with Crippen LogP contribution in [-0.4, -0.2) is 21.5 Å². The van der Waals surface area contributed by atoms with E-state index in [0.29, 0.717) is 17.0 Å². The molecule has 0 aliphatic heterocycles. The molecule has 3 rings (SSSR count). The summed E-state index contributed by atoms with van der Waals surface area (Å²) in [6, 6.07) is 1.78. The molecule has 0 amide bonds. The van der Waals surface area contributed by atoms with Crippen molar-refractivity contribution in [2.75, 3.05) is 11.9 Å². The molecule has 1 unspecified atom stereocenters. The summed E-state index contributed by atoms with van der Waals surface area (Å²) in [4.78, 5) is 13.1. The van der Waals surface area contributed by atoms with Crippen molar-refractivity contribution in [3.05, 3.63) is 33.6 Å². The zero-order valence-electron chi connectivity index (χ0n) is 10.6. The first-order valence-corrected chi connectivity index (χ1v) is 7.66. The summed E-state index contributed by atoms with van der Waals surface area (Å²) < 4.78 is 0. The van der Waals surface area contributed by atoms with Crippen LogP contribution in [0.4, 0.5) is 5.82 Å². The SMILES string of the molecule is CC(CNc1cc(Cl)nc(C2CC2)n1)c1nccs1. The van der Waals surface area contributed by atoms with Crippen molar-refractivity contribution in [1.82, 2.24) is 15.0 Å². The van der Waals surface area contributed by atoms with Gasteiger partial charge in [-0.25, -0.2) is 15.0 Å². The Balaban J connectivity index is 1.66. The average Bonchev–Trinajstić information content (AvgIpc) is 3.11. The first kappa shape index (κ1) is 12.8. The van der Waals surface area contributed by atoms with Crippen molar-refractivity contribution in [2.45, 2.75) is 31.6 Å². The molecule has 2 aromatic heterocycles. The third-order valence-corrected chi connectivity index (χ3v) is 4.32. The Morgan fingerprint density at radius 3 is 3.00 bits per heavy atom. The molecule has 0 aromatic carbocycles. The largest absolute Gasteiger partial charge is 0.369 e. The number of aromatic nitrogens is 3. The molecule has 0 radical (unpaired) electrons. The molecule has 1 aliphatic rings. The van der Waals surface area contributed by atoms with Crippen LogP contribution in [0.25, 0.3) is 0 Å². The number of thiazole rings is 1. The predicted octanol–water partition coefficient (Wildman–Crippen LogP) is 3.68. The molecular formula is C13H15ClN4S. The topological polar surface area (TPSA) is 50.7 Å². The lowest BCUT2D eigenvalue weighted by Gasteiger charge is -2.11. The minimum atomic E-state index is 0.359. The third kappa shape index (κ3) is 3.22. The minimum Gasteiger partial charge on any atom is -0.369 e. The number of nitrogens with one attached hydrogen (secondary N) is 1. The zero-order chi connectivity index (χ0) is 13.2. The third-order valence-electron chi connectivity index (χ3n) is 3.12. The molecule has 4 nitrogen and oxygen atoms in total. The van der Waals surface area contributed by atoms with Crippen LogP contribution in [0.5, 0.6) is 0 Å². The highest BCUT2D eigenvalue weighted by Crippen LogP contribution is 2.38. The summed E-state index contributed by atoms with van der Waals surface area (Å²) in [5.74, 6) is 2.55. The van der Waals surface area contributed by atoms with Crippen LogP contribution in [-0.2, 0) is 0 Å². The van der Waals surface area contributed by atoms with Gasteiger partial charge in [0.05, 0.1) is 5.01 Å². The first-order chi connectivity index (χ1) is 9.22. The lowest BCUT2D eigenvalue weighted by molar-refractivity contribution is 0.788. The van der Waals surface area contributed by atoms with E-state index < -0.39 is 0 Å². The van der Waals surface area contributed by atoms with Gasteiger partial charge >= 0.3 is 0 Å². The molecular weight excluding hydrogens is 280 g/mol. The van der Waals surface area contributed by atoms with Crippen molar-refractivity contribution >= 4 is 28.8 Å². The molecule has 2 heterocycles. The molecule has 1 atom stereocenters. The Hall–Kier alpha value is -1.20. The van der Waals surface area contributed by atoms with Crippen LogP contribution in [0.15, 0.2) is 17.6 Å². The average molecular weight is 295 g/mol. The van der Waals surface area contributed by atoms with E-state index in [4.69, 9.17) is 11.6 Å². The number of hydrogen-bond acceptors (Lipinski definition) is 5. The van der Waals surface area contributed by atoms with E-state index in [1.54, 1.807) is 17.4 Å². The van der Waals surface area contributed by atoms with E-state index >= 15 is 0 Å². The number of nitrogens with zero attached hydrogens (tertiary/aromatic N) is 3. The standard InChI is InChI=1S/C13H15ClN4S/c1-8(13-15-4-5-19-13)7-16-11-6-10(14)17-12(18-11)9-2-3-9/h4-6,8-9H,2-3,7H2,1H3,(H,16,17,18). The van der Waals surface area contributed by atoms with Crippen LogP contribution in [0.3, 0.4) is 0 Å². The van der Waals surface area contributed by atoms with E-state index in [1.807, 2.05) is 11.6 Å². The van der Waals surface area contributed by atoms with Gasteiger partial charge in [-0.05, 0) is 12.8 Å². The molecule has 1 aliphatic carbocycles. The maximum atomic E-state index is 6.04. The summed E-state index contributed by atoms with van der Waals surface area (Å²) >= 11 is 7.71. The van der Waals surface area contributed by atoms with Gasteiger partial charge in [-0.1, -0.05) is 18.5 Å². The number of hydrogen-bond donors (Lipinski definition) is 1. The van der Waals surface area contributed by atoms with Gasteiger partial charge in [-0.2, -0.15) is 0 Å². The summed E-state index contributed by atoms with van der Waals surface area (Å²) in [6.45, 7) is 2.95. The highest BCUT2D eigenvalue weighted by Gasteiger charge is 2.27. The van der Waals surface area contributed by atoms with Crippen LogP contribution >= 0.6 is 22.9 Å². The Bertz CT molecular complexity index is 554. The monoisotopic (exact) mass is 294 g/mol. The second kappa shape index (κ2) is 5.43. The highest BCUT2D eigenvalue weighted by atomic mass is 35.5. The van der Waals surface area contributed by atoms with Crippen LogP contribution in [0, 0.1) is 0 Å². The summed E-state index contributed by atoms with van der Waals surface area (Å²) in [7, 11) is 0. The van der Waals surface area contributed by atoms with E-state index in [2.05, 4.69) is 27.2 Å². The number of rotatable bonds is 5. The molecule has 2 aromatic rings. The maximum Gasteiger partial charge on any atom is 0.135 e. The van der Waals surface area contributed by atoms with Crippen LogP contribution in [0.1, 0.15) is 42.4 Å². The van der Waals surface area contributed by atoms with E-state index in [-0.39, 0.29) is 0 Å². The molecule has 19 heavy (non-hydrogen) atoms. The highest BCUT2D eigenvalue weighted by molar-refractivity contribution is 7.09. The number of anilines is 1. The molecule has 0 spiro atoms. The van der Waals surface area contributed by atoms with Gasteiger partial charge in [0.2, 0.25) is 0 Å². The molecule has 6 heteroatoms. The number of halogens is 1. The Morgan fingerprint density at radius 2 is 2.32 bits per heavy atom. The van der Waals surface area contributed by atoms with Crippen LogP contribution < -0.4 is 5.32 Å². The fourth-order valence-corrected chi connectivity index (χ4v) is 2.76. The Labute approximate surface area is 121 Å². The summed E-state index contributed by atoms with van der Waals surface area (Å²) in [5.41, 5.74) is 0.